The second-order valence-corrected chi connectivity index (χ2v) is 6.18. The fourth-order valence-electron chi connectivity index (χ4n) is 2.46. The molecule has 4 heterocycles. The Labute approximate surface area is 142 Å². The molecular formula is C18H12N4OS. The van der Waals surface area contributed by atoms with Crippen molar-refractivity contribution in [3.05, 3.63) is 72.0 Å². The third kappa shape index (κ3) is 2.91. The van der Waals surface area contributed by atoms with E-state index < -0.39 is 0 Å². The van der Waals surface area contributed by atoms with E-state index >= 15 is 0 Å². The zero-order valence-electron chi connectivity index (χ0n) is 12.6. The fraction of sp³-hybridized carbons (Fsp3) is 0.0556. The number of carbonyl (C=O) groups excluding carboxylic acids is 1. The van der Waals surface area contributed by atoms with Gasteiger partial charge in [-0.05, 0) is 29.7 Å². The van der Waals surface area contributed by atoms with Crippen molar-refractivity contribution in [1.29, 1.82) is 0 Å². The van der Waals surface area contributed by atoms with Gasteiger partial charge in [0.25, 0.3) is 0 Å². The molecule has 0 N–H and O–H groups in total. The lowest BCUT2D eigenvalue weighted by atomic mass is 10.1. The lowest BCUT2D eigenvalue weighted by Gasteiger charge is -2.04. The number of hydrogen-bond donors (Lipinski definition) is 0. The first kappa shape index (κ1) is 14.6. The Bertz CT molecular complexity index is 1000. The number of hydrogen-bond acceptors (Lipinski definition) is 6. The second kappa shape index (κ2) is 6.25. The molecule has 4 aromatic heterocycles. The summed E-state index contributed by atoms with van der Waals surface area (Å²) < 4.78 is 0. The van der Waals surface area contributed by atoms with Crippen molar-refractivity contribution >= 4 is 27.9 Å². The zero-order chi connectivity index (χ0) is 16.4. The molecule has 0 radical (unpaired) electrons. The standard InChI is InChI=1S/C18H12N4OS/c23-17(12-1-3-19-4-2-12)7-15-5-13-6-16(18-10-20-11-24-18)22-9-14(13)8-21-15/h1-6,8-11H,7H2. The Balaban J connectivity index is 1.66. The van der Waals surface area contributed by atoms with Crippen LogP contribution in [0.1, 0.15) is 16.1 Å². The molecule has 0 aromatic carbocycles. The Morgan fingerprint density at radius 1 is 0.958 bits per heavy atom. The first-order valence-corrected chi connectivity index (χ1v) is 8.24. The quantitative estimate of drug-likeness (QED) is 0.534. The van der Waals surface area contributed by atoms with Gasteiger partial charge >= 0.3 is 0 Å². The Morgan fingerprint density at radius 3 is 2.58 bits per heavy atom. The van der Waals surface area contributed by atoms with Crippen LogP contribution in [0.4, 0.5) is 0 Å². The van der Waals surface area contributed by atoms with Gasteiger partial charge in [-0.2, -0.15) is 0 Å². The van der Waals surface area contributed by atoms with Crippen LogP contribution in [-0.4, -0.2) is 25.7 Å². The molecule has 0 aliphatic carbocycles. The second-order valence-electron chi connectivity index (χ2n) is 5.29. The number of nitrogens with zero attached hydrogens (tertiary/aromatic N) is 4. The number of carbonyl (C=O) groups is 1. The molecule has 0 amide bonds. The molecule has 0 aliphatic rings. The molecule has 0 spiro atoms. The Morgan fingerprint density at radius 2 is 1.79 bits per heavy atom. The third-order valence-electron chi connectivity index (χ3n) is 3.69. The molecule has 0 unspecified atom stereocenters. The number of rotatable bonds is 4. The predicted molar refractivity (Wildman–Crippen MR) is 92.9 cm³/mol. The van der Waals surface area contributed by atoms with Crippen LogP contribution in [0.3, 0.4) is 0 Å². The van der Waals surface area contributed by atoms with Gasteiger partial charge in [0.15, 0.2) is 5.78 Å². The van der Waals surface area contributed by atoms with Crippen molar-refractivity contribution < 1.29 is 4.79 Å². The number of ketones is 1. The van der Waals surface area contributed by atoms with Crippen molar-refractivity contribution in [2.45, 2.75) is 6.42 Å². The molecule has 5 nitrogen and oxygen atoms in total. The number of aromatic nitrogens is 4. The maximum Gasteiger partial charge on any atom is 0.168 e. The van der Waals surface area contributed by atoms with Gasteiger partial charge in [0.05, 0.1) is 22.5 Å². The minimum absolute atomic E-state index is 0.0287. The minimum atomic E-state index is 0.0287. The summed E-state index contributed by atoms with van der Waals surface area (Å²) in [6.07, 6.45) is 8.86. The molecule has 0 saturated carbocycles. The van der Waals surface area contributed by atoms with Crippen LogP contribution in [-0.2, 0) is 6.42 Å². The fourth-order valence-corrected chi connectivity index (χ4v) is 3.05. The average molecular weight is 332 g/mol. The maximum atomic E-state index is 12.3. The summed E-state index contributed by atoms with van der Waals surface area (Å²) in [6, 6.07) is 7.38. The van der Waals surface area contributed by atoms with Crippen LogP contribution >= 0.6 is 11.3 Å². The molecule has 0 fully saturated rings. The highest BCUT2D eigenvalue weighted by Crippen LogP contribution is 2.24. The van der Waals surface area contributed by atoms with Gasteiger partial charge in [-0.25, -0.2) is 0 Å². The lowest BCUT2D eigenvalue weighted by molar-refractivity contribution is 0.0992. The molecule has 0 atom stereocenters. The lowest BCUT2D eigenvalue weighted by Crippen LogP contribution is -2.05. The van der Waals surface area contributed by atoms with E-state index in [1.165, 1.54) is 0 Å². The third-order valence-corrected chi connectivity index (χ3v) is 4.48. The highest BCUT2D eigenvalue weighted by Gasteiger charge is 2.09. The molecule has 0 saturated heterocycles. The van der Waals surface area contributed by atoms with Crippen LogP contribution in [0, 0.1) is 0 Å². The van der Waals surface area contributed by atoms with E-state index in [0.717, 1.165) is 27.0 Å². The smallest absolute Gasteiger partial charge is 0.168 e. The van der Waals surface area contributed by atoms with Crippen molar-refractivity contribution in [2.24, 2.45) is 0 Å². The van der Waals surface area contributed by atoms with E-state index in [1.54, 1.807) is 60.0 Å². The SMILES string of the molecule is O=C(Cc1cc2cc(-c3cncs3)ncc2cn1)c1ccncc1. The molecule has 4 rings (SSSR count). The average Bonchev–Trinajstić information content (AvgIpc) is 3.16. The molecule has 116 valence electrons. The number of thiazole rings is 1. The molecule has 24 heavy (non-hydrogen) atoms. The monoisotopic (exact) mass is 332 g/mol. The number of fused-ring (bicyclic) bond motifs is 1. The van der Waals surface area contributed by atoms with Gasteiger partial charge in [-0.1, -0.05) is 0 Å². The van der Waals surface area contributed by atoms with Crippen molar-refractivity contribution in [3.63, 3.8) is 0 Å². The van der Waals surface area contributed by atoms with Gasteiger partial charge in [0.1, 0.15) is 0 Å². The van der Waals surface area contributed by atoms with E-state index in [4.69, 9.17) is 0 Å². The van der Waals surface area contributed by atoms with Crippen LogP contribution in [0.25, 0.3) is 21.3 Å². The first-order chi connectivity index (χ1) is 11.8. The molecule has 6 heteroatoms. The topological polar surface area (TPSA) is 68.6 Å². The van der Waals surface area contributed by atoms with Gasteiger partial charge in [0, 0.05) is 47.6 Å². The van der Waals surface area contributed by atoms with Crippen LogP contribution in [0.2, 0.25) is 0 Å². The first-order valence-electron chi connectivity index (χ1n) is 7.36. The molecule has 0 bridgehead atoms. The summed E-state index contributed by atoms with van der Waals surface area (Å²) >= 11 is 1.55. The molecule has 4 aromatic rings. The Kier molecular flexibility index (Phi) is 3.80. The minimum Gasteiger partial charge on any atom is -0.294 e. The number of pyridine rings is 3. The van der Waals surface area contributed by atoms with Crippen LogP contribution in [0.5, 0.6) is 0 Å². The van der Waals surface area contributed by atoms with Gasteiger partial charge in [-0.15, -0.1) is 11.3 Å². The summed E-state index contributed by atoms with van der Waals surface area (Å²) in [7, 11) is 0. The highest BCUT2D eigenvalue weighted by atomic mass is 32.1. The predicted octanol–water partition coefficient (Wildman–Crippen LogP) is 3.57. The van der Waals surface area contributed by atoms with E-state index in [-0.39, 0.29) is 12.2 Å². The molecular weight excluding hydrogens is 320 g/mol. The maximum absolute atomic E-state index is 12.3. The van der Waals surface area contributed by atoms with Crippen LogP contribution < -0.4 is 0 Å². The largest absolute Gasteiger partial charge is 0.294 e. The number of Topliss-reactive ketones (excluding diaryl/α,β-unsaturated/α-hetero) is 1. The Hall–Kier alpha value is -2.99. The summed E-state index contributed by atoms with van der Waals surface area (Å²) in [5.41, 5.74) is 4.05. The normalized spacial score (nSPS) is 10.8. The van der Waals surface area contributed by atoms with Gasteiger partial charge in [-0.3, -0.25) is 24.7 Å². The van der Waals surface area contributed by atoms with E-state index in [2.05, 4.69) is 19.9 Å². The summed E-state index contributed by atoms with van der Waals surface area (Å²) in [5, 5.41) is 1.96. The summed E-state index contributed by atoms with van der Waals surface area (Å²) in [4.78, 5) is 30.2. The van der Waals surface area contributed by atoms with E-state index in [9.17, 15) is 4.79 Å². The highest BCUT2D eigenvalue weighted by molar-refractivity contribution is 7.13. The summed E-state index contributed by atoms with van der Waals surface area (Å²) in [5.74, 6) is 0.0287. The van der Waals surface area contributed by atoms with Crippen LogP contribution in [0.15, 0.2) is 60.8 Å². The van der Waals surface area contributed by atoms with Crippen molar-refractivity contribution in [2.75, 3.05) is 0 Å². The van der Waals surface area contributed by atoms with Gasteiger partial charge < -0.3 is 0 Å². The van der Waals surface area contributed by atoms with Crippen molar-refractivity contribution in [3.8, 4) is 10.6 Å². The van der Waals surface area contributed by atoms with E-state index in [1.807, 2.05) is 12.1 Å². The van der Waals surface area contributed by atoms with Gasteiger partial charge in [0.2, 0.25) is 0 Å². The molecule has 0 aliphatic heterocycles. The van der Waals surface area contributed by atoms with E-state index in [0.29, 0.717) is 5.56 Å². The van der Waals surface area contributed by atoms with Crippen molar-refractivity contribution in [1.82, 2.24) is 19.9 Å². The summed E-state index contributed by atoms with van der Waals surface area (Å²) in [6.45, 7) is 0. The zero-order valence-corrected chi connectivity index (χ0v) is 13.4.